The molecular weight excluding hydrogens is 210 g/mol. The van der Waals surface area contributed by atoms with Crippen molar-refractivity contribution in [3.8, 4) is 0 Å². The average Bonchev–Trinajstić information content (AvgIpc) is 2.25. The van der Waals surface area contributed by atoms with Crippen LogP contribution in [0.4, 0.5) is 0 Å². The van der Waals surface area contributed by atoms with Crippen molar-refractivity contribution >= 4 is 8.80 Å². The van der Waals surface area contributed by atoms with Crippen LogP contribution in [0.15, 0.2) is 24.4 Å². The van der Waals surface area contributed by atoms with Crippen molar-refractivity contribution in [3.63, 3.8) is 0 Å². The summed E-state index contributed by atoms with van der Waals surface area (Å²) in [5.74, 6) is 0. The van der Waals surface area contributed by atoms with Crippen molar-refractivity contribution in [2.45, 2.75) is 57.7 Å². The van der Waals surface area contributed by atoms with E-state index in [2.05, 4.69) is 51.7 Å². The number of aromatic nitrogens is 1. The Morgan fingerprint density at radius 1 is 1.31 bits per heavy atom. The largest absolute Gasteiger partial charge is 0.262 e. The second-order valence-corrected chi connectivity index (χ2v) is 9.47. The zero-order valence-electron chi connectivity index (χ0n) is 11.2. The third-order valence-electron chi connectivity index (χ3n) is 3.27. The minimum atomic E-state index is -0.404. The van der Waals surface area contributed by atoms with Crippen molar-refractivity contribution in [1.82, 2.24) is 4.98 Å². The molecule has 0 fully saturated rings. The Morgan fingerprint density at radius 2 is 2.00 bits per heavy atom. The van der Waals surface area contributed by atoms with E-state index in [1.165, 1.54) is 18.2 Å². The summed E-state index contributed by atoms with van der Waals surface area (Å²) in [5.41, 5.74) is 2.12. The van der Waals surface area contributed by atoms with Crippen LogP contribution in [-0.2, 0) is 6.04 Å². The van der Waals surface area contributed by atoms with Gasteiger partial charge in [-0.05, 0) is 28.8 Å². The molecule has 0 saturated carbocycles. The smallest absolute Gasteiger partial charge is 0.0632 e. The number of rotatable bonds is 4. The molecule has 0 aliphatic heterocycles. The van der Waals surface area contributed by atoms with Gasteiger partial charge in [0.2, 0.25) is 0 Å². The first kappa shape index (κ1) is 13.4. The van der Waals surface area contributed by atoms with Gasteiger partial charge in [-0.1, -0.05) is 47.1 Å². The molecule has 0 bridgehead atoms. The summed E-state index contributed by atoms with van der Waals surface area (Å²) in [5, 5.41) is 0.456. The summed E-state index contributed by atoms with van der Waals surface area (Å²) < 4.78 is 0. The topological polar surface area (TPSA) is 12.9 Å². The summed E-state index contributed by atoms with van der Waals surface area (Å²) in [6.45, 7) is 11.9. The molecule has 1 aromatic heterocycles. The van der Waals surface area contributed by atoms with Gasteiger partial charge < -0.3 is 0 Å². The first-order valence-corrected chi connectivity index (χ1v) is 7.99. The number of hydrogen-bond acceptors (Lipinski definition) is 1. The van der Waals surface area contributed by atoms with E-state index in [4.69, 9.17) is 0 Å². The molecule has 1 aromatic rings. The molecule has 1 atom stereocenters. The van der Waals surface area contributed by atoms with Crippen molar-refractivity contribution in [2.24, 2.45) is 0 Å². The van der Waals surface area contributed by atoms with Crippen LogP contribution in [0.2, 0.25) is 10.6 Å². The molecule has 0 aliphatic carbocycles. The van der Waals surface area contributed by atoms with Crippen LogP contribution in [0.1, 0.15) is 46.7 Å². The minimum absolute atomic E-state index is 0.404. The fourth-order valence-electron chi connectivity index (χ4n) is 2.12. The van der Waals surface area contributed by atoms with Crippen LogP contribution < -0.4 is 0 Å². The highest BCUT2D eigenvalue weighted by molar-refractivity contribution is 6.63. The van der Waals surface area contributed by atoms with Crippen molar-refractivity contribution in [1.29, 1.82) is 0 Å². The molecule has 0 aromatic carbocycles. The van der Waals surface area contributed by atoms with E-state index in [1.54, 1.807) is 0 Å². The highest BCUT2D eigenvalue weighted by atomic mass is 28.3. The molecule has 0 amide bonds. The maximum atomic E-state index is 4.47. The zero-order valence-corrected chi connectivity index (χ0v) is 12.2. The van der Waals surface area contributed by atoms with Gasteiger partial charge in [-0.3, -0.25) is 4.98 Å². The predicted molar refractivity (Wildman–Crippen MR) is 73.1 cm³/mol. The fraction of sp³-hybridized carbons (Fsp3) is 0.643. The quantitative estimate of drug-likeness (QED) is 0.709. The molecule has 1 radical (unpaired) electrons. The van der Waals surface area contributed by atoms with Crippen molar-refractivity contribution < 1.29 is 0 Å². The SMILES string of the molecule is CCC(C)[Si](Cc1ccccn1)C(C)(C)C. The predicted octanol–water partition coefficient (Wildman–Crippen LogP) is 4.26. The second-order valence-electron chi connectivity index (χ2n) is 5.58. The third kappa shape index (κ3) is 3.74. The second kappa shape index (κ2) is 5.62. The molecular formula is C14H24NSi. The highest BCUT2D eigenvalue weighted by Crippen LogP contribution is 2.36. The lowest BCUT2D eigenvalue weighted by molar-refractivity contribution is 0.687. The lowest BCUT2D eigenvalue weighted by Crippen LogP contribution is -2.33. The standard InChI is InChI=1S/C14H24NSi/c1-6-12(2)16(14(3,4)5)11-13-9-7-8-10-15-13/h7-10,12H,6,11H2,1-5H3. The molecule has 89 valence electrons. The molecule has 0 spiro atoms. The van der Waals surface area contributed by atoms with E-state index < -0.39 is 8.80 Å². The van der Waals surface area contributed by atoms with Gasteiger partial charge in [0, 0.05) is 11.9 Å². The van der Waals surface area contributed by atoms with Gasteiger partial charge in [0.15, 0.2) is 0 Å². The maximum Gasteiger partial charge on any atom is 0.0632 e. The molecule has 1 nitrogen and oxygen atoms in total. The Bertz CT molecular complexity index is 302. The summed E-state index contributed by atoms with van der Waals surface area (Å²) in [4.78, 5) is 4.47. The normalized spacial score (nSPS) is 14.1. The van der Waals surface area contributed by atoms with E-state index in [-0.39, 0.29) is 0 Å². The van der Waals surface area contributed by atoms with Gasteiger partial charge in [0.25, 0.3) is 0 Å². The van der Waals surface area contributed by atoms with Crippen LogP contribution in [0, 0.1) is 0 Å². The van der Waals surface area contributed by atoms with Crippen LogP contribution in [0.3, 0.4) is 0 Å². The van der Waals surface area contributed by atoms with E-state index in [0.717, 1.165) is 5.54 Å². The minimum Gasteiger partial charge on any atom is -0.262 e. The molecule has 2 heteroatoms. The molecule has 0 N–H and O–H groups in total. The summed E-state index contributed by atoms with van der Waals surface area (Å²) in [6.07, 6.45) is 3.20. The van der Waals surface area contributed by atoms with Crippen molar-refractivity contribution in [3.05, 3.63) is 30.1 Å². The van der Waals surface area contributed by atoms with Crippen molar-refractivity contribution in [2.75, 3.05) is 0 Å². The number of nitrogens with zero attached hydrogens (tertiary/aromatic N) is 1. The molecule has 1 heterocycles. The van der Waals surface area contributed by atoms with Gasteiger partial charge >= 0.3 is 0 Å². The summed E-state index contributed by atoms with van der Waals surface area (Å²) >= 11 is 0. The van der Waals surface area contributed by atoms with E-state index in [1.807, 2.05) is 12.3 Å². The van der Waals surface area contributed by atoms with Crippen LogP contribution in [0.25, 0.3) is 0 Å². The Morgan fingerprint density at radius 3 is 2.44 bits per heavy atom. The van der Waals surface area contributed by atoms with Gasteiger partial charge in [-0.15, -0.1) is 0 Å². The molecule has 1 rings (SSSR count). The van der Waals surface area contributed by atoms with Crippen LogP contribution in [-0.4, -0.2) is 13.8 Å². The molecule has 1 unspecified atom stereocenters. The van der Waals surface area contributed by atoms with Crippen LogP contribution in [0.5, 0.6) is 0 Å². The Hall–Kier alpha value is -0.633. The Labute approximate surface area is 102 Å². The molecule has 0 aliphatic rings. The number of hydrogen-bond donors (Lipinski definition) is 0. The molecule has 16 heavy (non-hydrogen) atoms. The fourth-order valence-corrected chi connectivity index (χ4v) is 5.57. The molecule has 0 saturated heterocycles. The average molecular weight is 234 g/mol. The van der Waals surface area contributed by atoms with Crippen LogP contribution >= 0.6 is 0 Å². The summed E-state index contributed by atoms with van der Waals surface area (Å²) in [6, 6.07) is 7.46. The maximum absolute atomic E-state index is 4.47. The van der Waals surface area contributed by atoms with Gasteiger partial charge in [-0.25, -0.2) is 0 Å². The Kier molecular flexibility index (Phi) is 4.72. The van der Waals surface area contributed by atoms with Gasteiger partial charge in [0.1, 0.15) is 0 Å². The van der Waals surface area contributed by atoms with Gasteiger partial charge in [0.05, 0.1) is 8.80 Å². The van der Waals surface area contributed by atoms with E-state index in [9.17, 15) is 0 Å². The lowest BCUT2D eigenvalue weighted by Gasteiger charge is -2.33. The zero-order chi connectivity index (χ0) is 12.2. The van der Waals surface area contributed by atoms with Gasteiger partial charge in [-0.2, -0.15) is 0 Å². The lowest BCUT2D eigenvalue weighted by atomic mass is 10.2. The monoisotopic (exact) mass is 234 g/mol. The van der Waals surface area contributed by atoms with E-state index in [0.29, 0.717) is 5.04 Å². The van der Waals surface area contributed by atoms with E-state index >= 15 is 0 Å². The Balaban J connectivity index is 2.80. The summed E-state index contributed by atoms with van der Waals surface area (Å²) in [7, 11) is -0.404. The third-order valence-corrected chi connectivity index (χ3v) is 7.54. The first-order chi connectivity index (χ1) is 7.45. The number of pyridine rings is 1. The first-order valence-electron chi connectivity index (χ1n) is 6.21. The highest BCUT2D eigenvalue weighted by Gasteiger charge is 2.31.